The molecule has 0 saturated carbocycles. The van der Waals surface area contributed by atoms with E-state index in [1.54, 1.807) is 6.20 Å². The lowest BCUT2D eigenvalue weighted by atomic mass is 10.1. The van der Waals surface area contributed by atoms with Crippen LogP contribution in [0.1, 0.15) is 0 Å². The molecule has 0 aliphatic rings. The van der Waals surface area contributed by atoms with E-state index in [4.69, 9.17) is 23.2 Å². The van der Waals surface area contributed by atoms with Gasteiger partial charge in [-0.2, -0.15) is 0 Å². The molecule has 100 valence electrons. The first-order valence-corrected chi connectivity index (χ1v) is 7.84. The number of benzene rings is 1. The molecule has 0 radical (unpaired) electrons. The Balaban J connectivity index is 2.33. The average molecular weight is 434 g/mol. The largest absolute Gasteiger partial charge is 0.255 e. The highest BCUT2D eigenvalue weighted by atomic mass is 79.9. The lowest BCUT2D eigenvalue weighted by Gasteiger charge is -2.07. The minimum absolute atomic E-state index is 0.270. The Morgan fingerprint density at radius 2 is 1.65 bits per heavy atom. The van der Waals surface area contributed by atoms with Crippen molar-refractivity contribution in [3.05, 3.63) is 49.7 Å². The van der Waals surface area contributed by atoms with E-state index in [1.165, 1.54) is 0 Å². The first-order valence-electron chi connectivity index (χ1n) is 5.50. The van der Waals surface area contributed by atoms with Gasteiger partial charge in [0.15, 0.2) is 5.82 Å². The molecule has 3 aromatic rings. The normalized spacial score (nSPS) is 11.0. The minimum Gasteiger partial charge on any atom is -0.255 e. The molecule has 0 fully saturated rings. The molecule has 20 heavy (non-hydrogen) atoms. The Bertz CT molecular complexity index is 801. The molecule has 0 spiro atoms. The van der Waals surface area contributed by atoms with Gasteiger partial charge >= 0.3 is 0 Å². The second-order valence-corrected chi connectivity index (χ2v) is 6.30. The van der Waals surface area contributed by atoms with Gasteiger partial charge in [0.25, 0.3) is 0 Å². The van der Waals surface area contributed by atoms with Crippen molar-refractivity contribution < 1.29 is 0 Å². The highest BCUT2D eigenvalue weighted by Gasteiger charge is 2.14. The number of hydrogen-bond acceptors (Lipinski definition) is 3. The molecule has 0 amide bonds. The van der Waals surface area contributed by atoms with Gasteiger partial charge in [-0.25, -0.2) is 9.97 Å². The molecule has 7 heteroatoms. The SMILES string of the molecule is Clc1nc(-c2ccc(Br)c3cccnc23)nc(Cl)c1Br. The number of aromatic nitrogens is 3. The van der Waals surface area contributed by atoms with Crippen molar-refractivity contribution in [2.45, 2.75) is 0 Å². The number of nitrogens with zero attached hydrogens (tertiary/aromatic N) is 3. The van der Waals surface area contributed by atoms with Crippen LogP contribution >= 0.6 is 55.1 Å². The van der Waals surface area contributed by atoms with Crippen LogP contribution in [0.15, 0.2) is 39.4 Å². The summed E-state index contributed by atoms with van der Waals surface area (Å²) in [5.74, 6) is 0.444. The van der Waals surface area contributed by atoms with Crippen molar-refractivity contribution in [3.63, 3.8) is 0 Å². The lowest BCUT2D eigenvalue weighted by Crippen LogP contribution is -1.94. The lowest BCUT2D eigenvalue weighted by molar-refractivity contribution is 1.16. The molecular formula is C13H5Br2Cl2N3. The molecule has 0 atom stereocenters. The summed E-state index contributed by atoms with van der Waals surface area (Å²) >= 11 is 18.8. The molecule has 2 heterocycles. The third-order valence-electron chi connectivity index (χ3n) is 2.73. The molecule has 0 aliphatic carbocycles. The summed E-state index contributed by atoms with van der Waals surface area (Å²) < 4.78 is 1.44. The first kappa shape index (κ1) is 14.2. The summed E-state index contributed by atoms with van der Waals surface area (Å²) in [7, 11) is 0. The second kappa shape index (κ2) is 5.56. The highest BCUT2D eigenvalue weighted by molar-refractivity contribution is 9.11. The van der Waals surface area contributed by atoms with Crippen LogP contribution < -0.4 is 0 Å². The van der Waals surface area contributed by atoms with Gasteiger partial charge in [0, 0.05) is 21.6 Å². The number of rotatable bonds is 1. The van der Waals surface area contributed by atoms with Crippen LogP contribution in [0.4, 0.5) is 0 Å². The van der Waals surface area contributed by atoms with Crippen LogP contribution in [0, 0.1) is 0 Å². The molecular weight excluding hydrogens is 429 g/mol. The van der Waals surface area contributed by atoms with Crippen LogP contribution in [-0.2, 0) is 0 Å². The van der Waals surface area contributed by atoms with Crippen molar-refractivity contribution >= 4 is 66.0 Å². The topological polar surface area (TPSA) is 38.7 Å². The summed E-state index contributed by atoms with van der Waals surface area (Å²) in [6.45, 7) is 0. The van der Waals surface area contributed by atoms with Gasteiger partial charge in [-0.05, 0) is 34.1 Å². The van der Waals surface area contributed by atoms with E-state index in [0.29, 0.717) is 10.3 Å². The maximum atomic E-state index is 6.04. The molecule has 2 aromatic heterocycles. The monoisotopic (exact) mass is 431 g/mol. The fourth-order valence-corrected chi connectivity index (χ4v) is 2.85. The predicted octanol–water partition coefficient (Wildman–Crippen LogP) is 5.52. The fraction of sp³-hybridized carbons (Fsp3) is 0. The fourth-order valence-electron chi connectivity index (χ4n) is 1.83. The van der Waals surface area contributed by atoms with Gasteiger partial charge in [0.1, 0.15) is 10.3 Å². The van der Waals surface area contributed by atoms with Crippen LogP contribution in [0.3, 0.4) is 0 Å². The van der Waals surface area contributed by atoms with E-state index in [-0.39, 0.29) is 10.3 Å². The summed E-state index contributed by atoms with van der Waals surface area (Å²) in [6, 6.07) is 7.65. The smallest absolute Gasteiger partial charge is 0.164 e. The summed E-state index contributed by atoms with van der Waals surface area (Å²) in [4.78, 5) is 12.9. The third-order valence-corrected chi connectivity index (χ3v) is 5.17. The van der Waals surface area contributed by atoms with Crippen molar-refractivity contribution in [2.24, 2.45) is 0 Å². The van der Waals surface area contributed by atoms with Gasteiger partial charge in [-0.1, -0.05) is 45.2 Å². The Labute approximate surface area is 141 Å². The Morgan fingerprint density at radius 1 is 0.950 bits per heavy atom. The van der Waals surface area contributed by atoms with Gasteiger partial charge in [-0.15, -0.1) is 0 Å². The highest BCUT2D eigenvalue weighted by Crippen LogP contribution is 2.34. The second-order valence-electron chi connectivity index (χ2n) is 3.94. The maximum Gasteiger partial charge on any atom is 0.164 e. The Kier molecular flexibility index (Phi) is 3.95. The van der Waals surface area contributed by atoms with Crippen molar-refractivity contribution in [3.8, 4) is 11.4 Å². The van der Waals surface area contributed by atoms with Gasteiger partial charge in [-0.3, -0.25) is 4.98 Å². The number of fused-ring (bicyclic) bond motifs is 1. The predicted molar refractivity (Wildman–Crippen MR) is 88.2 cm³/mol. The van der Waals surface area contributed by atoms with Crippen LogP contribution in [0.25, 0.3) is 22.3 Å². The molecule has 1 aromatic carbocycles. The van der Waals surface area contributed by atoms with Crippen LogP contribution in [0.2, 0.25) is 10.3 Å². The van der Waals surface area contributed by atoms with E-state index in [9.17, 15) is 0 Å². The summed E-state index contributed by atoms with van der Waals surface area (Å²) in [5, 5.41) is 1.52. The maximum absolute atomic E-state index is 6.04. The van der Waals surface area contributed by atoms with E-state index >= 15 is 0 Å². The zero-order valence-corrected chi connectivity index (χ0v) is 14.4. The number of pyridine rings is 1. The van der Waals surface area contributed by atoms with Crippen molar-refractivity contribution in [2.75, 3.05) is 0 Å². The third kappa shape index (κ3) is 2.44. The molecule has 3 nitrogen and oxygen atoms in total. The molecule has 0 saturated heterocycles. The number of halogens is 4. The van der Waals surface area contributed by atoms with E-state index in [2.05, 4.69) is 46.8 Å². The van der Waals surface area contributed by atoms with E-state index in [1.807, 2.05) is 24.3 Å². The summed E-state index contributed by atoms with van der Waals surface area (Å²) in [6.07, 6.45) is 1.72. The standard InChI is InChI=1S/C13H5Br2Cl2N3/c14-8-4-3-7(10-6(8)2-1-5-18-10)13-19-11(16)9(15)12(17)20-13/h1-5H. The Morgan fingerprint density at radius 3 is 2.35 bits per heavy atom. The van der Waals surface area contributed by atoms with Crippen LogP contribution in [-0.4, -0.2) is 15.0 Å². The molecule has 0 unspecified atom stereocenters. The zero-order chi connectivity index (χ0) is 14.3. The zero-order valence-electron chi connectivity index (χ0n) is 9.74. The van der Waals surface area contributed by atoms with Crippen molar-refractivity contribution in [1.82, 2.24) is 15.0 Å². The molecule has 3 rings (SSSR count). The first-order chi connectivity index (χ1) is 9.58. The van der Waals surface area contributed by atoms with E-state index < -0.39 is 0 Å². The van der Waals surface area contributed by atoms with E-state index in [0.717, 1.165) is 20.9 Å². The van der Waals surface area contributed by atoms with Gasteiger partial charge in [0.05, 0.1) is 9.99 Å². The minimum atomic E-state index is 0.270. The number of hydrogen-bond donors (Lipinski definition) is 0. The molecule has 0 aliphatic heterocycles. The quantitative estimate of drug-likeness (QED) is 0.474. The Hall–Kier alpha value is -0.750. The van der Waals surface area contributed by atoms with Crippen LogP contribution in [0.5, 0.6) is 0 Å². The molecule has 0 bridgehead atoms. The molecule has 0 N–H and O–H groups in total. The van der Waals surface area contributed by atoms with Crippen molar-refractivity contribution in [1.29, 1.82) is 0 Å². The van der Waals surface area contributed by atoms with Gasteiger partial charge < -0.3 is 0 Å². The van der Waals surface area contributed by atoms with Gasteiger partial charge in [0.2, 0.25) is 0 Å². The summed E-state index contributed by atoms with van der Waals surface area (Å²) in [5.41, 5.74) is 1.57. The average Bonchev–Trinajstić information content (AvgIpc) is 2.45.